The number of aromatic nitrogens is 3. The Kier molecular flexibility index (Phi) is 2.35. The molecule has 6 heteroatoms. The molecule has 6 nitrogen and oxygen atoms in total. The predicted molar refractivity (Wildman–Crippen MR) is 59.9 cm³/mol. The minimum atomic E-state index is -0.928. The standard InChI is InChI=1S/C10H13N5O/c1-10(2,11)9(16)14-8-3-5-12-7-4-6-13-15(7)8/h3-6H,11H2,1-2H3,(H,14,16). The first-order valence-electron chi connectivity index (χ1n) is 4.87. The molecule has 0 saturated carbocycles. The van der Waals surface area contributed by atoms with E-state index in [4.69, 9.17) is 5.73 Å². The molecule has 2 aromatic rings. The Morgan fingerprint density at radius 1 is 1.44 bits per heavy atom. The van der Waals surface area contributed by atoms with Crippen molar-refractivity contribution in [2.24, 2.45) is 5.73 Å². The third-order valence-corrected chi connectivity index (χ3v) is 2.12. The van der Waals surface area contributed by atoms with Gasteiger partial charge in [0.1, 0.15) is 5.82 Å². The molecule has 0 unspecified atom stereocenters. The summed E-state index contributed by atoms with van der Waals surface area (Å²) in [5, 5.41) is 6.76. The summed E-state index contributed by atoms with van der Waals surface area (Å²) < 4.78 is 1.55. The fourth-order valence-corrected chi connectivity index (χ4v) is 1.21. The molecule has 0 aliphatic rings. The van der Waals surface area contributed by atoms with Gasteiger partial charge in [-0.05, 0) is 19.9 Å². The highest BCUT2D eigenvalue weighted by molar-refractivity contribution is 5.96. The number of carbonyl (C=O) groups is 1. The lowest BCUT2D eigenvalue weighted by Gasteiger charge is -2.17. The van der Waals surface area contributed by atoms with Crippen molar-refractivity contribution in [3.8, 4) is 0 Å². The van der Waals surface area contributed by atoms with Crippen LogP contribution in [0.2, 0.25) is 0 Å². The minimum absolute atomic E-state index is 0.268. The number of fused-ring (bicyclic) bond motifs is 1. The Balaban J connectivity index is 2.35. The molecule has 3 N–H and O–H groups in total. The number of anilines is 1. The third-order valence-electron chi connectivity index (χ3n) is 2.12. The SMILES string of the molecule is CC(C)(N)C(=O)Nc1ccnc2ccnn12. The van der Waals surface area contributed by atoms with Gasteiger partial charge >= 0.3 is 0 Å². The zero-order valence-corrected chi connectivity index (χ0v) is 9.14. The van der Waals surface area contributed by atoms with Crippen molar-refractivity contribution in [3.63, 3.8) is 0 Å². The van der Waals surface area contributed by atoms with E-state index in [1.165, 1.54) is 0 Å². The van der Waals surface area contributed by atoms with Crippen LogP contribution in [0.15, 0.2) is 24.5 Å². The predicted octanol–water partition coefficient (Wildman–Crippen LogP) is 0.405. The van der Waals surface area contributed by atoms with Gasteiger partial charge in [0, 0.05) is 12.3 Å². The smallest absolute Gasteiger partial charge is 0.245 e. The molecule has 0 bridgehead atoms. The molecule has 0 aliphatic heterocycles. The van der Waals surface area contributed by atoms with Gasteiger partial charge < -0.3 is 11.1 Å². The fourth-order valence-electron chi connectivity index (χ4n) is 1.21. The fraction of sp³-hybridized carbons (Fsp3) is 0.300. The first-order valence-corrected chi connectivity index (χ1v) is 4.87. The number of nitrogens with two attached hydrogens (primary N) is 1. The molecular formula is C10H13N5O. The van der Waals surface area contributed by atoms with Crippen LogP contribution in [-0.4, -0.2) is 26.0 Å². The van der Waals surface area contributed by atoms with E-state index in [2.05, 4.69) is 15.4 Å². The second-order valence-corrected chi connectivity index (χ2v) is 4.11. The van der Waals surface area contributed by atoms with Crippen LogP contribution in [0.5, 0.6) is 0 Å². The maximum Gasteiger partial charge on any atom is 0.245 e. The lowest BCUT2D eigenvalue weighted by Crippen LogP contribution is -2.45. The molecule has 84 valence electrons. The maximum absolute atomic E-state index is 11.7. The van der Waals surface area contributed by atoms with Crippen molar-refractivity contribution >= 4 is 17.4 Å². The number of nitrogens with one attached hydrogen (secondary N) is 1. The molecule has 2 rings (SSSR count). The molecule has 2 aromatic heterocycles. The van der Waals surface area contributed by atoms with Gasteiger partial charge in [-0.1, -0.05) is 0 Å². The molecule has 16 heavy (non-hydrogen) atoms. The number of amides is 1. The topological polar surface area (TPSA) is 85.3 Å². The molecule has 0 aromatic carbocycles. The highest BCUT2D eigenvalue weighted by atomic mass is 16.2. The Bertz CT molecular complexity index is 525. The monoisotopic (exact) mass is 219 g/mol. The van der Waals surface area contributed by atoms with Gasteiger partial charge in [0.05, 0.1) is 11.7 Å². The van der Waals surface area contributed by atoms with Crippen molar-refractivity contribution in [1.82, 2.24) is 14.6 Å². The molecule has 1 amide bonds. The second kappa shape index (κ2) is 3.57. The first-order chi connectivity index (χ1) is 7.48. The van der Waals surface area contributed by atoms with E-state index in [0.29, 0.717) is 11.5 Å². The average Bonchev–Trinajstić information content (AvgIpc) is 2.65. The summed E-state index contributed by atoms with van der Waals surface area (Å²) in [6.45, 7) is 3.29. The van der Waals surface area contributed by atoms with Crippen molar-refractivity contribution in [2.45, 2.75) is 19.4 Å². The molecule has 0 saturated heterocycles. The summed E-state index contributed by atoms with van der Waals surface area (Å²) in [5.74, 6) is 0.286. The molecule has 0 fully saturated rings. The molecule has 2 heterocycles. The van der Waals surface area contributed by atoms with E-state index in [-0.39, 0.29) is 5.91 Å². The molecule has 0 atom stereocenters. The van der Waals surface area contributed by atoms with Gasteiger partial charge in [-0.3, -0.25) is 4.79 Å². The van der Waals surface area contributed by atoms with Crippen LogP contribution in [0.3, 0.4) is 0 Å². The van der Waals surface area contributed by atoms with Crippen LogP contribution in [0.4, 0.5) is 5.82 Å². The normalized spacial score (nSPS) is 11.7. The van der Waals surface area contributed by atoms with E-state index in [1.807, 2.05) is 0 Å². The van der Waals surface area contributed by atoms with E-state index < -0.39 is 5.54 Å². The largest absolute Gasteiger partial charge is 0.318 e. The van der Waals surface area contributed by atoms with Crippen molar-refractivity contribution < 1.29 is 4.79 Å². The Morgan fingerprint density at radius 3 is 2.88 bits per heavy atom. The van der Waals surface area contributed by atoms with Crippen LogP contribution < -0.4 is 11.1 Å². The van der Waals surface area contributed by atoms with Gasteiger partial charge in [-0.25, -0.2) is 4.98 Å². The average molecular weight is 219 g/mol. The summed E-state index contributed by atoms with van der Waals surface area (Å²) in [5.41, 5.74) is 5.43. The van der Waals surface area contributed by atoms with Gasteiger partial charge in [-0.2, -0.15) is 9.61 Å². The Hall–Kier alpha value is -1.95. The number of nitrogens with zero attached hydrogens (tertiary/aromatic N) is 3. The zero-order valence-electron chi connectivity index (χ0n) is 9.14. The van der Waals surface area contributed by atoms with Crippen LogP contribution >= 0.6 is 0 Å². The van der Waals surface area contributed by atoms with E-state index >= 15 is 0 Å². The highest BCUT2D eigenvalue weighted by Gasteiger charge is 2.22. The maximum atomic E-state index is 11.7. The summed E-state index contributed by atoms with van der Waals surface area (Å²) in [6, 6.07) is 3.42. The van der Waals surface area contributed by atoms with E-state index in [1.54, 1.807) is 42.9 Å². The van der Waals surface area contributed by atoms with Gasteiger partial charge in [0.2, 0.25) is 5.91 Å². The number of hydrogen-bond donors (Lipinski definition) is 2. The van der Waals surface area contributed by atoms with E-state index in [9.17, 15) is 4.79 Å². The highest BCUT2D eigenvalue weighted by Crippen LogP contribution is 2.10. The summed E-state index contributed by atoms with van der Waals surface area (Å²) >= 11 is 0. The van der Waals surface area contributed by atoms with Crippen LogP contribution in [0.1, 0.15) is 13.8 Å². The third kappa shape index (κ3) is 1.87. The lowest BCUT2D eigenvalue weighted by molar-refractivity contribution is -0.120. The zero-order chi connectivity index (χ0) is 11.8. The molecular weight excluding hydrogens is 206 g/mol. The Labute approximate surface area is 92.5 Å². The second-order valence-electron chi connectivity index (χ2n) is 4.11. The summed E-state index contributed by atoms with van der Waals surface area (Å²) in [7, 11) is 0. The number of hydrogen-bond acceptors (Lipinski definition) is 4. The quantitative estimate of drug-likeness (QED) is 0.765. The van der Waals surface area contributed by atoms with Crippen molar-refractivity contribution in [1.29, 1.82) is 0 Å². The minimum Gasteiger partial charge on any atom is -0.318 e. The Morgan fingerprint density at radius 2 is 2.19 bits per heavy atom. The lowest BCUT2D eigenvalue weighted by atomic mass is 10.1. The van der Waals surface area contributed by atoms with Crippen molar-refractivity contribution in [2.75, 3.05) is 5.32 Å². The molecule has 0 spiro atoms. The van der Waals surface area contributed by atoms with Gasteiger partial charge in [0.15, 0.2) is 5.65 Å². The molecule has 0 radical (unpaired) electrons. The van der Waals surface area contributed by atoms with Crippen LogP contribution in [0.25, 0.3) is 5.65 Å². The van der Waals surface area contributed by atoms with Gasteiger partial charge in [0.25, 0.3) is 0 Å². The van der Waals surface area contributed by atoms with Gasteiger partial charge in [-0.15, -0.1) is 0 Å². The summed E-state index contributed by atoms with van der Waals surface area (Å²) in [4.78, 5) is 15.8. The van der Waals surface area contributed by atoms with Crippen LogP contribution in [0, 0.1) is 0 Å². The van der Waals surface area contributed by atoms with Crippen LogP contribution in [-0.2, 0) is 4.79 Å². The molecule has 0 aliphatic carbocycles. The number of rotatable bonds is 2. The summed E-state index contributed by atoms with van der Waals surface area (Å²) in [6.07, 6.45) is 3.22. The van der Waals surface area contributed by atoms with E-state index in [0.717, 1.165) is 0 Å². The number of carbonyl (C=O) groups excluding carboxylic acids is 1. The van der Waals surface area contributed by atoms with Crippen molar-refractivity contribution in [3.05, 3.63) is 24.5 Å². The first kappa shape index (κ1) is 10.6.